The summed E-state index contributed by atoms with van der Waals surface area (Å²) in [4.78, 5) is 2.54. The molecule has 0 amide bonds. The van der Waals surface area contributed by atoms with Gasteiger partial charge in [0.25, 0.3) is 0 Å². The van der Waals surface area contributed by atoms with Gasteiger partial charge >= 0.3 is 0 Å². The first-order valence-electron chi connectivity index (χ1n) is 5.13. The largest absolute Gasteiger partial charge is 0.320 e. The fourth-order valence-electron chi connectivity index (χ4n) is 1.86. The van der Waals surface area contributed by atoms with Crippen molar-refractivity contribution in [1.82, 2.24) is 0 Å². The second kappa shape index (κ2) is 4.48. The lowest BCUT2D eigenvalue weighted by Gasteiger charge is -2.08. The number of nitrogens with two attached hydrogens (primary N) is 1. The van der Waals surface area contributed by atoms with E-state index in [1.807, 2.05) is 0 Å². The van der Waals surface area contributed by atoms with Crippen LogP contribution in [0, 0.1) is 6.92 Å². The third-order valence-corrected chi connectivity index (χ3v) is 6.47. The highest BCUT2D eigenvalue weighted by Crippen LogP contribution is 2.38. The van der Waals surface area contributed by atoms with Crippen molar-refractivity contribution in [2.24, 2.45) is 5.73 Å². The molecular weight excluding hydrogens is 334 g/mol. The van der Waals surface area contributed by atoms with E-state index in [-0.39, 0.29) is 6.04 Å². The third kappa shape index (κ3) is 2.11. The van der Waals surface area contributed by atoms with Gasteiger partial charge in [-0.15, -0.1) is 34.0 Å². The van der Waals surface area contributed by atoms with Crippen molar-refractivity contribution in [2.45, 2.75) is 13.0 Å². The van der Waals surface area contributed by atoms with Crippen molar-refractivity contribution in [1.29, 1.82) is 0 Å². The standard InChI is InChI=1S/C12H10BrNS3/c1-6-7(4-11(13)16-6)12(14)10-5-9-8(17-10)2-3-15-9/h2-5,12H,14H2,1H3. The minimum absolute atomic E-state index is 0.00199. The van der Waals surface area contributed by atoms with Crippen LogP contribution in [0.2, 0.25) is 0 Å². The molecule has 0 aliphatic heterocycles. The molecule has 3 rings (SSSR count). The van der Waals surface area contributed by atoms with Gasteiger partial charge in [-0.05, 0) is 52.0 Å². The zero-order valence-electron chi connectivity index (χ0n) is 9.07. The summed E-state index contributed by atoms with van der Waals surface area (Å²) < 4.78 is 3.83. The van der Waals surface area contributed by atoms with Crippen LogP contribution in [0.25, 0.3) is 9.40 Å². The Balaban J connectivity index is 2.04. The Morgan fingerprint density at radius 3 is 2.71 bits per heavy atom. The highest BCUT2D eigenvalue weighted by molar-refractivity contribution is 9.11. The number of hydrogen-bond donors (Lipinski definition) is 1. The molecule has 3 heterocycles. The lowest BCUT2D eigenvalue weighted by molar-refractivity contribution is 0.891. The van der Waals surface area contributed by atoms with E-state index in [1.165, 1.54) is 24.7 Å². The van der Waals surface area contributed by atoms with E-state index in [0.717, 1.165) is 3.79 Å². The monoisotopic (exact) mass is 343 g/mol. The molecule has 3 aromatic rings. The summed E-state index contributed by atoms with van der Waals surface area (Å²) in [5.41, 5.74) is 7.59. The van der Waals surface area contributed by atoms with Gasteiger partial charge in [-0.2, -0.15) is 0 Å². The van der Waals surface area contributed by atoms with Crippen molar-refractivity contribution in [3.05, 3.63) is 42.7 Å². The van der Waals surface area contributed by atoms with Crippen LogP contribution < -0.4 is 5.73 Å². The van der Waals surface area contributed by atoms with Crippen LogP contribution in [0.5, 0.6) is 0 Å². The molecule has 1 nitrogen and oxygen atoms in total. The van der Waals surface area contributed by atoms with Crippen molar-refractivity contribution in [3.8, 4) is 0 Å². The Morgan fingerprint density at radius 2 is 2.06 bits per heavy atom. The molecule has 0 radical (unpaired) electrons. The van der Waals surface area contributed by atoms with Crippen molar-refractivity contribution < 1.29 is 0 Å². The van der Waals surface area contributed by atoms with Crippen molar-refractivity contribution >= 4 is 59.3 Å². The van der Waals surface area contributed by atoms with E-state index >= 15 is 0 Å². The maximum atomic E-state index is 6.35. The van der Waals surface area contributed by atoms with Crippen LogP contribution in [0.1, 0.15) is 21.4 Å². The Morgan fingerprint density at radius 1 is 1.24 bits per heavy atom. The van der Waals surface area contributed by atoms with Crippen LogP contribution in [0.15, 0.2) is 27.4 Å². The molecule has 0 aliphatic carbocycles. The van der Waals surface area contributed by atoms with Gasteiger partial charge in [0.15, 0.2) is 0 Å². The molecular formula is C12H10BrNS3. The summed E-state index contributed by atoms with van der Waals surface area (Å²) in [6, 6.07) is 6.53. The molecule has 0 saturated heterocycles. The second-order valence-electron chi connectivity index (χ2n) is 3.84. The van der Waals surface area contributed by atoms with Crippen LogP contribution in [-0.4, -0.2) is 0 Å². The van der Waals surface area contributed by atoms with Gasteiger partial charge in [0.1, 0.15) is 0 Å². The van der Waals surface area contributed by atoms with Crippen LogP contribution in [0.3, 0.4) is 0 Å². The molecule has 0 fully saturated rings. The van der Waals surface area contributed by atoms with E-state index in [2.05, 4.69) is 46.4 Å². The van der Waals surface area contributed by atoms with Gasteiger partial charge in [0.05, 0.1) is 9.83 Å². The topological polar surface area (TPSA) is 26.0 Å². The fourth-order valence-corrected chi connectivity index (χ4v) is 5.76. The number of thiophene rings is 3. The first-order valence-corrected chi connectivity index (χ1v) is 8.44. The van der Waals surface area contributed by atoms with Crippen molar-refractivity contribution in [3.63, 3.8) is 0 Å². The number of aryl methyl sites for hydroxylation is 1. The third-order valence-electron chi connectivity index (χ3n) is 2.73. The van der Waals surface area contributed by atoms with Crippen LogP contribution in [0.4, 0.5) is 0 Å². The van der Waals surface area contributed by atoms with Crippen LogP contribution in [-0.2, 0) is 0 Å². The summed E-state index contributed by atoms with van der Waals surface area (Å²) in [6.45, 7) is 2.13. The van der Waals surface area contributed by atoms with Gasteiger partial charge in [-0.1, -0.05) is 0 Å². The van der Waals surface area contributed by atoms with Gasteiger partial charge in [-0.25, -0.2) is 0 Å². The lowest BCUT2D eigenvalue weighted by atomic mass is 10.1. The molecule has 3 aromatic heterocycles. The fraction of sp³-hybridized carbons (Fsp3) is 0.167. The molecule has 17 heavy (non-hydrogen) atoms. The predicted octanol–water partition coefficient (Wildman–Crippen LogP) is 5.14. The predicted molar refractivity (Wildman–Crippen MR) is 82.5 cm³/mol. The Labute approximate surface area is 120 Å². The van der Waals surface area contributed by atoms with E-state index in [0.29, 0.717) is 0 Å². The van der Waals surface area contributed by atoms with Crippen molar-refractivity contribution in [2.75, 3.05) is 0 Å². The van der Waals surface area contributed by atoms with Gasteiger partial charge in [0, 0.05) is 19.2 Å². The van der Waals surface area contributed by atoms with Gasteiger partial charge in [-0.3, -0.25) is 0 Å². The van der Waals surface area contributed by atoms with Gasteiger partial charge < -0.3 is 5.73 Å². The summed E-state index contributed by atoms with van der Waals surface area (Å²) in [5, 5.41) is 2.13. The number of rotatable bonds is 2. The van der Waals surface area contributed by atoms with E-state index in [1.54, 1.807) is 34.0 Å². The van der Waals surface area contributed by atoms with Crippen LogP contribution >= 0.6 is 49.9 Å². The normalized spacial score (nSPS) is 13.4. The maximum absolute atomic E-state index is 6.35. The molecule has 88 valence electrons. The average Bonchev–Trinajstić information content (AvgIpc) is 2.90. The second-order valence-corrected chi connectivity index (χ2v) is 8.54. The Kier molecular flexibility index (Phi) is 3.13. The highest BCUT2D eigenvalue weighted by Gasteiger charge is 2.16. The summed E-state index contributed by atoms with van der Waals surface area (Å²) in [7, 11) is 0. The zero-order chi connectivity index (χ0) is 12.0. The molecule has 2 N–H and O–H groups in total. The number of halogens is 1. The van der Waals surface area contributed by atoms with Gasteiger partial charge in [0.2, 0.25) is 0 Å². The smallest absolute Gasteiger partial charge is 0.0704 e. The Hall–Kier alpha value is -0.200. The van der Waals surface area contributed by atoms with E-state index < -0.39 is 0 Å². The molecule has 5 heteroatoms. The average molecular weight is 344 g/mol. The first-order chi connectivity index (χ1) is 8.15. The van der Waals surface area contributed by atoms with E-state index in [4.69, 9.17) is 5.73 Å². The summed E-state index contributed by atoms with van der Waals surface area (Å²) in [5.74, 6) is 0. The highest BCUT2D eigenvalue weighted by atomic mass is 79.9. The zero-order valence-corrected chi connectivity index (χ0v) is 13.1. The minimum atomic E-state index is 0.00199. The summed E-state index contributed by atoms with van der Waals surface area (Å²) in [6.07, 6.45) is 0. The molecule has 0 aliphatic rings. The number of fused-ring (bicyclic) bond motifs is 1. The SMILES string of the molecule is Cc1sc(Br)cc1C(N)c1cc2sccc2s1. The first kappa shape index (κ1) is 11.9. The number of hydrogen-bond acceptors (Lipinski definition) is 4. The molecule has 0 aromatic carbocycles. The summed E-state index contributed by atoms with van der Waals surface area (Å²) >= 11 is 8.84. The molecule has 1 atom stereocenters. The van der Waals surface area contributed by atoms with E-state index in [9.17, 15) is 0 Å². The lowest BCUT2D eigenvalue weighted by Crippen LogP contribution is -2.10. The molecule has 0 bridgehead atoms. The molecule has 1 unspecified atom stereocenters. The maximum Gasteiger partial charge on any atom is 0.0704 e. The minimum Gasteiger partial charge on any atom is -0.320 e. The molecule has 0 spiro atoms. The Bertz CT molecular complexity index is 636. The molecule has 0 saturated carbocycles. The quantitative estimate of drug-likeness (QED) is 0.684.